The van der Waals surface area contributed by atoms with Gasteiger partial charge in [-0.05, 0) is 25.0 Å². The Bertz CT molecular complexity index is 519. The second-order valence-electron chi connectivity index (χ2n) is 4.85. The highest BCUT2D eigenvalue weighted by molar-refractivity contribution is 5.94. The summed E-state index contributed by atoms with van der Waals surface area (Å²) in [5.74, 6) is -1.90. The molecule has 1 N–H and O–H groups in total. The van der Waals surface area contributed by atoms with E-state index in [2.05, 4.69) is 0 Å². The minimum atomic E-state index is -2.63. The van der Waals surface area contributed by atoms with E-state index in [1.165, 1.54) is 23.1 Å². The third-order valence-electron chi connectivity index (χ3n) is 3.44. The zero-order valence-corrected chi connectivity index (χ0v) is 10.8. The van der Waals surface area contributed by atoms with Crippen LogP contribution in [0.2, 0.25) is 0 Å². The summed E-state index contributed by atoms with van der Waals surface area (Å²) in [5.41, 5.74) is -0.0310. The first-order valence-corrected chi connectivity index (χ1v) is 6.39. The molecule has 0 radical (unpaired) electrons. The van der Waals surface area contributed by atoms with E-state index in [0.717, 1.165) is 6.07 Å². The van der Waals surface area contributed by atoms with Crippen LogP contribution in [0, 0.1) is 5.92 Å². The topological polar surface area (TPSA) is 57.6 Å². The highest BCUT2D eigenvalue weighted by Crippen LogP contribution is 2.22. The van der Waals surface area contributed by atoms with Gasteiger partial charge in [0.15, 0.2) is 0 Å². The number of halogens is 2. The number of rotatable bonds is 3. The predicted molar refractivity (Wildman–Crippen MR) is 67.7 cm³/mol. The normalized spacial score (nSPS) is 19.1. The molecule has 0 aliphatic carbocycles. The Morgan fingerprint density at radius 3 is 2.75 bits per heavy atom. The molecule has 0 saturated carbocycles. The SMILES string of the molecule is O=C(O)[C@H]1CCCN(C(=O)c2cccc(C(F)F)c2)C1. The quantitative estimate of drug-likeness (QED) is 0.927. The maximum atomic E-state index is 12.6. The van der Waals surface area contributed by atoms with E-state index in [1.807, 2.05) is 0 Å². The average Bonchev–Trinajstić information content (AvgIpc) is 2.46. The van der Waals surface area contributed by atoms with Gasteiger partial charge in [-0.25, -0.2) is 8.78 Å². The van der Waals surface area contributed by atoms with Gasteiger partial charge in [-0.1, -0.05) is 12.1 Å². The molecule has 6 heteroatoms. The summed E-state index contributed by atoms with van der Waals surface area (Å²) in [6.45, 7) is 0.592. The number of hydrogen-bond acceptors (Lipinski definition) is 2. The van der Waals surface area contributed by atoms with Crippen molar-refractivity contribution in [3.05, 3.63) is 35.4 Å². The number of carbonyl (C=O) groups excluding carboxylic acids is 1. The fourth-order valence-electron chi connectivity index (χ4n) is 2.35. The van der Waals surface area contributed by atoms with Gasteiger partial charge in [0.2, 0.25) is 0 Å². The molecule has 1 fully saturated rings. The monoisotopic (exact) mass is 283 g/mol. The molecule has 0 unspecified atom stereocenters. The minimum absolute atomic E-state index is 0.132. The van der Waals surface area contributed by atoms with Crippen LogP contribution >= 0.6 is 0 Å². The summed E-state index contributed by atoms with van der Waals surface area (Å²) in [6, 6.07) is 5.31. The maximum absolute atomic E-state index is 12.6. The number of carbonyl (C=O) groups is 2. The molecule has 0 spiro atoms. The Kier molecular flexibility index (Phi) is 4.32. The third-order valence-corrected chi connectivity index (χ3v) is 3.44. The highest BCUT2D eigenvalue weighted by Gasteiger charge is 2.28. The van der Waals surface area contributed by atoms with Crippen LogP contribution in [0.5, 0.6) is 0 Å². The fourth-order valence-corrected chi connectivity index (χ4v) is 2.35. The van der Waals surface area contributed by atoms with Crippen molar-refractivity contribution in [3.8, 4) is 0 Å². The lowest BCUT2D eigenvalue weighted by Crippen LogP contribution is -2.42. The molecule has 1 aromatic rings. The van der Waals surface area contributed by atoms with Crippen LogP contribution in [0.15, 0.2) is 24.3 Å². The number of amides is 1. The van der Waals surface area contributed by atoms with Gasteiger partial charge in [-0.2, -0.15) is 0 Å². The molecule has 0 aromatic heterocycles. The van der Waals surface area contributed by atoms with Gasteiger partial charge in [0, 0.05) is 24.2 Å². The molecule has 0 bridgehead atoms. The summed E-state index contributed by atoms with van der Waals surface area (Å²) in [4.78, 5) is 24.6. The number of alkyl halides is 2. The van der Waals surface area contributed by atoms with E-state index in [1.54, 1.807) is 0 Å². The Morgan fingerprint density at radius 2 is 2.10 bits per heavy atom. The van der Waals surface area contributed by atoms with E-state index in [4.69, 9.17) is 5.11 Å². The van der Waals surface area contributed by atoms with Crippen LogP contribution in [0.3, 0.4) is 0 Å². The summed E-state index contributed by atoms with van der Waals surface area (Å²) in [6.07, 6.45) is -1.48. The first-order valence-electron chi connectivity index (χ1n) is 6.39. The van der Waals surface area contributed by atoms with Crippen LogP contribution in [0.1, 0.15) is 35.2 Å². The van der Waals surface area contributed by atoms with E-state index >= 15 is 0 Å². The van der Waals surface area contributed by atoms with E-state index < -0.39 is 24.2 Å². The Morgan fingerprint density at radius 1 is 1.35 bits per heavy atom. The van der Waals surface area contributed by atoms with Gasteiger partial charge in [-0.3, -0.25) is 9.59 Å². The Hall–Kier alpha value is -1.98. The molecule has 1 amide bonds. The molecule has 1 heterocycles. The number of hydrogen-bond donors (Lipinski definition) is 1. The molecule has 108 valence electrons. The number of aliphatic carboxylic acids is 1. The van der Waals surface area contributed by atoms with Crippen molar-refractivity contribution in [1.29, 1.82) is 0 Å². The lowest BCUT2D eigenvalue weighted by molar-refractivity contribution is -0.143. The summed E-state index contributed by atoms with van der Waals surface area (Å²) in [5, 5.41) is 8.99. The fraction of sp³-hybridized carbons (Fsp3) is 0.429. The van der Waals surface area contributed by atoms with Gasteiger partial charge in [0.05, 0.1) is 5.92 Å². The predicted octanol–water partition coefficient (Wildman–Crippen LogP) is 2.56. The molecule has 1 atom stereocenters. The van der Waals surface area contributed by atoms with E-state index in [0.29, 0.717) is 19.4 Å². The Labute approximate surface area is 115 Å². The minimum Gasteiger partial charge on any atom is -0.481 e. The number of carboxylic acid groups (broad SMARTS) is 1. The largest absolute Gasteiger partial charge is 0.481 e. The van der Waals surface area contributed by atoms with Crippen molar-refractivity contribution in [3.63, 3.8) is 0 Å². The molecular formula is C14H15F2NO3. The zero-order valence-electron chi connectivity index (χ0n) is 10.8. The lowest BCUT2D eigenvalue weighted by atomic mass is 9.97. The summed E-state index contributed by atoms with van der Waals surface area (Å²) >= 11 is 0. The number of likely N-dealkylation sites (tertiary alicyclic amines) is 1. The first-order chi connectivity index (χ1) is 9.49. The van der Waals surface area contributed by atoms with Crippen LogP contribution in [0.25, 0.3) is 0 Å². The summed E-state index contributed by atoms with van der Waals surface area (Å²) in [7, 11) is 0. The van der Waals surface area contributed by atoms with Crippen molar-refractivity contribution in [2.24, 2.45) is 5.92 Å². The van der Waals surface area contributed by atoms with Crippen LogP contribution in [0.4, 0.5) is 8.78 Å². The second kappa shape index (κ2) is 5.98. The lowest BCUT2D eigenvalue weighted by Gasteiger charge is -2.30. The first kappa shape index (κ1) is 14.4. The standard InChI is InChI=1S/C14H15F2NO3/c15-12(16)9-3-1-4-10(7-9)13(18)17-6-2-5-11(8-17)14(19)20/h1,3-4,7,11-12H,2,5-6,8H2,(H,19,20)/t11-/m0/s1. The molecule has 20 heavy (non-hydrogen) atoms. The molecule has 1 aliphatic heterocycles. The number of benzene rings is 1. The summed E-state index contributed by atoms with van der Waals surface area (Å²) < 4.78 is 25.2. The number of carboxylic acids is 1. The van der Waals surface area contributed by atoms with Gasteiger partial charge >= 0.3 is 5.97 Å². The van der Waals surface area contributed by atoms with Gasteiger partial charge in [-0.15, -0.1) is 0 Å². The van der Waals surface area contributed by atoms with E-state index in [-0.39, 0.29) is 17.7 Å². The van der Waals surface area contributed by atoms with Crippen LogP contribution in [-0.2, 0) is 4.79 Å². The molecular weight excluding hydrogens is 268 g/mol. The van der Waals surface area contributed by atoms with Crippen molar-refractivity contribution in [2.75, 3.05) is 13.1 Å². The van der Waals surface area contributed by atoms with Crippen molar-refractivity contribution in [1.82, 2.24) is 4.90 Å². The molecule has 1 saturated heterocycles. The highest BCUT2D eigenvalue weighted by atomic mass is 19.3. The molecule has 1 aliphatic rings. The van der Waals surface area contributed by atoms with Gasteiger partial charge in [0.25, 0.3) is 12.3 Å². The van der Waals surface area contributed by atoms with Gasteiger partial charge < -0.3 is 10.0 Å². The van der Waals surface area contributed by atoms with Crippen molar-refractivity contribution >= 4 is 11.9 Å². The second-order valence-corrected chi connectivity index (χ2v) is 4.85. The van der Waals surface area contributed by atoms with Crippen LogP contribution < -0.4 is 0 Å². The third kappa shape index (κ3) is 3.12. The maximum Gasteiger partial charge on any atom is 0.308 e. The van der Waals surface area contributed by atoms with Crippen LogP contribution in [-0.4, -0.2) is 35.0 Å². The zero-order chi connectivity index (χ0) is 14.7. The Balaban J connectivity index is 2.14. The van der Waals surface area contributed by atoms with E-state index in [9.17, 15) is 18.4 Å². The number of nitrogens with zero attached hydrogens (tertiary/aromatic N) is 1. The average molecular weight is 283 g/mol. The number of piperidine rings is 1. The van der Waals surface area contributed by atoms with Gasteiger partial charge in [0.1, 0.15) is 0 Å². The molecule has 2 rings (SSSR count). The smallest absolute Gasteiger partial charge is 0.308 e. The molecule has 4 nitrogen and oxygen atoms in total. The van der Waals surface area contributed by atoms with Crippen molar-refractivity contribution < 1.29 is 23.5 Å². The molecule has 1 aromatic carbocycles. The van der Waals surface area contributed by atoms with Crippen molar-refractivity contribution in [2.45, 2.75) is 19.3 Å².